The number of rotatable bonds is 7. The van der Waals surface area contributed by atoms with Gasteiger partial charge in [-0.3, -0.25) is 0 Å². The second-order valence-electron chi connectivity index (χ2n) is 12.0. The SMILES string of the molecule is CC1CCC(NC2CC3(C2)CN(c2ncncc2Oc2ccc(F)cc2-c2cncnc2C(C)C)C3)CC1. The molecule has 6 rings (SSSR count). The zero-order valence-corrected chi connectivity index (χ0v) is 22.5. The van der Waals surface area contributed by atoms with Crippen LogP contribution in [0.5, 0.6) is 11.5 Å². The van der Waals surface area contributed by atoms with Crippen molar-refractivity contribution in [1.29, 1.82) is 0 Å². The van der Waals surface area contributed by atoms with Gasteiger partial charge < -0.3 is 15.0 Å². The van der Waals surface area contributed by atoms with E-state index in [1.54, 1.807) is 24.8 Å². The van der Waals surface area contributed by atoms with Gasteiger partial charge >= 0.3 is 0 Å². The number of aromatic nitrogens is 4. The van der Waals surface area contributed by atoms with Crippen molar-refractivity contribution in [1.82, 2.24) is 25.3 Å². The second-order valence-corrected chi connectivity index (χ2v) is 12.0. The Morgan fingerprint density at radius 2 is 1.68 bits per heavy atom. The first-order chi connectivity index (χ1) is 18.4. The molecular formula is C30H37FN6O. The summed E-state index contributed by atoms with van der Waals surface area (Å²) in [5.74, 6) is 2.59. The fourth-order valence-corrected chi connectivity index (χ4v) is 6.58. The summed E-state index contributed by atoms with van der Waals surface area (Å²) < 4.78 is 20.8. The van der Waals surface area contributed by atoms with E-state index in [0.717, 1.165) is 36.1 Å². The topological polar surface area (TPSA) is 76.1 Å². The molecule has 3 aliphatic rings. The maximum absolute atomic E-state index is 14.4. The Balaban J connectivity index is 1.15. The molecule has 1 spiro atoms. The number of halogens is 1. The molecule has 0 bridgehead atoms. The largest absolute Gasteiger partial charge is 0.451 e. The molecule has 2 saturated carbocycles. The highest BCUT2D eigenvalue weighted by molar-refractivity contribution is 5.73. The standard InChI is InChI=1S/C30H37FN6O/c1-19(2)28-25(13-32-17-34-28)24-10-21(31)6-9-26(24)38-27-14-33-18-35-29(27)37-15-30(16-37)11-23(12-30)36-22-7-4-20(3)5-8-22/h6,9-10,13-14,17-20,22-23,36H,4-5,7-8,11-12,15-16H2,1-3H3. The first kappa shape index (κ1) is 25.2. The lowest BCUT2D eigenvalue weighted by Gasteiger charge is -2.60. The van der Waals surface area contributed by atoms with Crippen molar-refractivity contribution in [3.8, 4) is 22.6 Å². The van der Waals surface area contributed by atoms with Gasteiger partial charge in [0.25, 0.3) is 0 Å². The van der Waals surface area contributed by atoms with Gasteiger partial charge in [-0.1, -0.05) is 20.8 Å². The second kappa shape index (κ2) is 10.2. The molecule has 1 saturated heterocycles. The lowest BCUT2D eigenvalue weighted by molar-refractivity contribution is 0.0382. The molecule has 0 amide bonds. The smallest absolute Gasteiger partial charge is 0.188 e. The van der Waals surface area contributed by atoms with Crippen LogP contribution in [0.15, 0.2) is 43.2 Å². The van der Waals surface area contributed by atoms with E-state index in [0.29, 0.717) is 34.6 Å². The molecule has 1 aliphatic heterocycles. The Morgan fingerprint density at radius 3 is 2.45 bits per heavy atom. The van der Waals surface area contributed by atoms with Crippen LogP contribution < -0.4 is 15.0 Å². The molecule has 3 heterocycles. The quantitative estimate of drug-likeness (QED) is 0.405. The first-order valence-corrected chi connectivity index (χ1v) is 14.0. The van der Waals surface area contributed by atoms with Crippen LogP contribution in [0.1, 0.15) is 70.9 Å². The molecule has 7 nitrogen and oxygen atoms in total. The molecule has 0 atom stereocenters. The molecule has 2 aliphatic carbocycles. The minimum atomic E-state index is -0.337. The predicted octanol–water partition coefficient (Wildman–Crippen LogP) is 6.13. The fourth-order valence-electron chi connectivity index (χ4n) is 6.58. The van der Waals surface area contributed by atoms with E-state index in [1.807, 2.05) is 0 Å². The highest BCUT2D eigenvalue weighted by atomic mass is 19.1. The number of nitrogens with one attached hydrogen (secondary N) is 1. The Labute approximate surface area is 224 Å². The van der Waals surface area contributed by atoms with E-state index in [-0.39, 0.29) is 11.7 Å². The van der Waals surface area contributed by atoms with Crippen LogP contribution in [0.2, 0.25) is 0 Å². The molecule has 200 valence electrons. The van der Waals surface area contributed by atoms with Crippen LogP contribution in [0.3, 0.4) is 0 Å². The third-order valence-electron chi connectivity index (χ3n) is 8.60. The maximum atomic E-state index is 14.4. The summed E-state index contributed by atoms with van der Waals surface area (Å²) in [6, 6.07) is 5.89. The predicted molar refractivity (Wildman–Crippen MR) is 146 cm³/mol. The number of nitrogens with zero attached hydrogens (tertiary/aromatic N) is 5. The van der Waals surface area contributed by atoms with E-state index < -0.39 is 0 Å². The Kier molecular flexibility index (Phi) is 6.76. The third-order valence-corrected chi connectivity index (χ3v) is 8.60. The average Bonchev–Trinajstić information content (AvgIpc) is 2.87. The van der Waals surface area contributed by atoms with Crippen LogP contribution in [0.4, 0.5) is 10.2 Å². The van der Waals surface area contributed by atoms with E-state index >= 15 is 0 Å². The number of ether oxygens (including phenoxy) is 1. The Hall–Kier alpha value is -3.13. The van der Waals surface area contributed by atoms with E-state index in [4.69, 9.17) is 4.74 Å². The van der Waals surface area contributed by atoms with Gasteiger partial charge in [0.05, 0.1) is 11.9 Å². The van der Waals surface area contributed by atoms with Gasteiger partial charge in [-0.05, 0) is 68.6 Å². The Bertz CT molecular complexity index is 1280. The monoisotopic (exact) mass is 516 g/mol. The van der Waals surface area contributed by atoms with E-state index in [2.05, 4.69) is 50.9 Å². The summed E-state index contributed by atoms with van der Waals surface area (Å²) in [6.07, 6.45) is 14.3. The third kappa shape index (κ3) is 4.98. The zero-order chi connectivity index (χ0) is 26.3. The highest BCUT2D eigenvalue weighted by Gasteiger charge is 2.53. The highest BCUT2D eigenvalue weighted by Crippen LogP contribution is 2.51. The van der Waals surface area contributed by atoms with E-state index in [1.165, 1.54) is 57.0 Å². The van der Waals surface area contributed by atoms with Crippen molar-refractivity contribution in [3.05, 3.63) is 54.8 Å². The lowest BCUT2D eigenvalue weighted by atomic mass is 9.60. The van der Waals surface area contributed by atoms with Gasteiger partial charge in [-0.15, -0.1) is 0 Å². The molecular weight excluding hydrogens is 479 g/mol. The fraction of sp³-hybridized carbons (Fsp3) is 0.533. The van der Waals surface area contributed by atoms with Crippen molar-refractivity contribution in [2.24, 2.45) is 11.3 Å². The summed E-state index contributed by atoms with van der Waals surface area (Å²) in [5, 5.41) is 3.93. The van der Waals surface area contributed by atoms with Gasteiger partial charge in [0.1, 0.15) is 24.2 Å². The minimum absolute atomic E-state index is 0.152. The molecule has 3 fully saturated rings. The van der Waals surface area contributed by atoms with Crippen LogP contribution in [-0.2, 0) is 0 Å². The van der Waals surface area contributed by atoms with Crippen molar-refractivity contribution >= 4 is 5.82 Å². The van der Waals surface area contributed by atoms with Gasteiger partial charge in [0.15, 0.2) is 11.6 Å². The van der Waals surface area contributed by atoms with Crippen molar-refractivity contribution < 1.29 is 9.13 Å². The van der Waals surface area contributed by atoms with Crippen molar-refractivity contribution in [2.75, 3.05) is 18.0 Å². The van der Waals surface area contributed by atoms with Crippen molar-refractivity contribution in [3.63, 3.8) is 0 Å². The van der Waals surface area contributed by atoms with Crippen LogP contribution in [0, 0.1) is 17.2 Å². The van der Waals surface area contributed by atoms with Gasteiger partial charge in [-0.25, -0.2) is 24.3 Å². The normalized spacial score (nSPS) is 22.8. The number of anilines is 1. The van der Waals surface area contributed by atoms with Crippen LogP contribution >= 0.6 is 0 Å². The van der Waals surface area contributed by atoms with Gasteiger partial charge in [0.2, 0.25) is 0 Å². The average molecular weight is 517 g/mol. The molecule has 38 heavy (non-hydrogen) atoms. The Morgan fingerprint density at radius 1 is 0.947 bits per heavy atom. The summed E-state index contributed by atoms with van der Waals surface area (Å²) in [4.78, 5) is 19.7. The molecule has 1 aromatic carbocycles. The summed E-state index contributed by atoms with van der Waals surface area (Å²) in [7, 11) is 0. The summed E-state index contributed by atoms with van der Waals surface area (Å²) in [5.41, 5.74) is 2.60. The summed E-state index contributed by atoms with van der Waals surface area (Å²) in [6.45, 7) is 8.44. The first-order valence-electron chi connectivity index (χ1n) is 14.0. The minimum Gasteiger partial charge on any atom is -0.451 e. The lowest BCUT2D eigenvalue weighted by Crippen LogP contribution is -2.67. The molecule has 0 unspecified atom stereocenters. The van der Waals surface area contributed by atoms with Gasteiger partial charge in [-0.2, -0.15) is 0 Å². The van der Waals surface area contributed by atoms with Crippen LogP contribution in [0.25, 0.3) is 11.1 Å². The molecule has 0 radical (unpaired) electrons. The number of benzene rings is 1. The van der Waals surface area contributed by atoms with Gasteiger partial charge in [0, 0.05) is 47.9 Å². The number of hydrogen-bond donors (Lipinski definition) is 1. The maximum Gasteiger partial charge on any atom is 0.188 e. The summed E-state index contributed by atoms with van der Waals surface area (Å²) >= 11 is 0. The van der Waals surface area contributed by atoms with Crippen LogP contribution in [-0.4, -0.2) is 45.1 Å². The van der Waals surface area contributed by atoms with Crippen molar-refractivity contribution in [2.45, 2.75) is 77.3 Å². The molecule has 3 aromatic rings. The molecule has 8 heteroatoms. The van der Waals surface area contributed by atoms with E-state index in [9.17, 15) is 4.39 Å². The molecule has 1 N–H and O–H groups in total. The number of hydrogen-bond acceptors (Lipinski definition) is 7. The molecule has 2 aromatic heterocycles. The zero-order valence-electron chi connectivity index (χ0n) is 22.5.